The highest BCUT2D eigenvalue weighted by Crippen LogP contribution is 2.33. The van der Waals surface area contributed by atoms with E-state index in [2.05, 4.69) is 4.98 Å². The molecule has 3 heterocycles. The van der Waals surface area contributed by atoms with Crippen molar-refractivity contribution in [2.45, 2.75) is 19.5 Å². The minimum atomic E-state index is -0.478. The van der Waals surface area contributed by atoms with Crippen LogP contribution in [0, 0.1) is 0 Å². The number of hydrogen-bond acceptors (Lipinski definition) is 5. The van der Waals surface area contributed by atoms with Crippen molar-refractivity contribution in [3.05, 3.63) is 51.4 Å². The van der Waals surface area contributed by atoms with Gasteiger partial charge in [-0.15, -0.1) is 0 Å². The van der Waals surface area contributed by atoms with Gasteiger partial charge in [-0.2, -0.15) is 0 Å². The van der Waals surface area contributed by atoms with E-state index in [4.69, 9.17) is 4.74 Å². The highest BCUT2D eigenvalue weighted by molar-refractivity contribution is 5.96. The summed E-state index contributed by atoms with van der Waals surface area (Å²) < 4.78 is 9.48. The van der Waals surface area contributed by atoms with Crippen molar-refractivity contribution in [2.24, 2.45) is 14.1 Å². The second kappa shape index (κ2) is 6.11. The molecule has 140 valence electrons. The van der Waals surface area contributed by atoms with Crippen LogP contribution in [0.1, 0.15) is 6.92 Å². The van der Waals surface area contributed by atoms with Crippen molar-refractivity contribution in [3.8, 4) is 5.75 Å². The van der Waals surface area contributed by atoms with Crippen molar-refractivity contribution >= 4 is 22.8 Å². The Morgan fingerprint density at radius 2 is 1.96 bits per heavy atom. The first-order valence-electron chi connectivity index (χ1n) is 8.55. The van der Waals surface area contributed by atoms with Gasteiger partial charge in [-0.25, -0.2) is 9.78 Å². The Balaban J connectivity index is 1.77. The molecule has 27 heavy (non-hydrogen) atoms. The Kier molecular flexibility index (Phi) is 3.87. The molecule has 1 unspecified atom stereocenters. The van der Waals surface area contributed by atoms with E-state index in [9.17, 15) is 14.4 Å². The number of para-hydroxylation sites is 2. The van der Waals surface area contributed by atoms with Crippen LogP contribution < -0.4 is 20.9 Å². The summed E-state index contributed by atoms with van der Waals surface area (Å²) in [5.74, 6) is 0.464. The number of amides is 1. The van der Waals surface area contributed by atoms with E-state index < -0.39 is 11.2 Å². The number of carbonyl (C=O) groups excluding carboxylic acids is 1. The van der Waals surface area contributed by atoms with Crippen LogP contribution in [-0.4, -0.2) is 37.2 Å². The number of aromatic nitrogens is 4. The van der Waals surface area contributed by atoms with Crippen LogP contribution in [-0.2, 0) is 25.4 Å². The van der Waals surface area contributed by atoms with E-state index in [0.717, 1.165) is 4.57 Å². The molecule has 0 N–H and O–H groups in total. The van der Waals surface area contributed by atoms with Crippen molar-refractivity contribution in [1.82, 2.24) is 18.7 Å². The molecule has 1 aromatic carbocycles. The van der Waals surface area contributed by atoms with Gasteiger partial charge in [-0.05, 0) is 19.1 Å². The lowest BCUT2D eigenvalue weighted by molar-refractivity contribution is -0.119. The monoisotopic (exact) mass is 369 g/mol. The normalized spacial score (nSPS) is 16.3. The molecule has 2 aromatic heterocycles. The standard InChI is InChI=1S/C18H19N5O4/c1-11-9-27-13-7-5-4-6-12(13)23(11)14(24)8-22-10-19-16-15(22)17(25)21(3)18(26)20(16)2/h4-7,10-11H,8-9H2,1-3H3. The van der Waals surface area contributed by atoms with Gasteiger partial charge in [0.1, 0.15) is 18.9 Å². The molecule has 1 aliphatic rings. The lowest BCUT2D eigenvalue weighted by atomic mass is 10.1. The van der Waals surface area contributed by atoms with Crippen molar-refractivity contribution in [3.63, 3.8) is 0 Å². The van der Waals surface area contributed by atoms with Crippen molar-refractivity contribution in [2.75, 3.05) is 11.5 Å². The second-order valence-corrected chi connectivity index (χ2v) is 6.64. The van der Waals surface area contributed by atoms with Gasteiger partial charge in [0.2, 0.25) is 5.91 Å². The highest BCUT2D eigenvalue weighted by Gasteiger charge is 2.30. The quantitative estimate of drug-likeness (QED) is 0.646. The third kappa shape index (κ3) is 2.54. The molecule has 0 spiro atoms. The van der Waals surface area contributed by atoms with Gasteiger partial charge in [0.15, 0.2) is 11.2 Å². The molecule has 0 fully saturated rings. The summed E-state index contributed by atoms with van der Waals surface area (Å²) in [5, 5.41) is 0. The Morgan fingerprint density at radius 3 is 2.74 bits per heavy atom. The predicted molar refractivity (Wildman–Crippen MR) is 99.1 cm³/mol. The van der Waals surface area contributed by atoms with Crippen LogP contribution in [0.4, 0.5) is 5.69 Å². The van der Waals surface area contributed by atoms with Gasteiger partial charge >= 0.3 is 5.69 Å². The number of imidazole rings is 1. The van der Waals surface area contributed by atoms with E-state index in [1.165, 1.54) is 22.5 Å². The Labute approximate surface area is 154 Å². The lowest BCUT2D eigenvalue weighted by Gasteiger charge is -2.35. The molecule has 1 amide bonds. The van der Waals surface area contributed by atoms with Gasteiger partial charge < -0.3 is 14.2 Å². The predicted octanol–water partition coefficient (Wildman–Crippen LogP) is 0.248. The number of hydrogen-bond donors (Lipinski definition) is 0. The molecule has 4 rings (SSSR count). The smallest absolute Gasteiger partial charge is 0.332 e. The van der Waals surface area contributed by atoms with Crippen LogP contribution in [0.3, 0.4) is 0 Å². The fourth-order valence-electron chi connectivity index (χ4n) is 3.42. The summed E-state index contributed by atoms with van der Waals surface area (Å²) in [5.41, 5.74) is 0.244. The van der Waals surface area contributed by atoms with Crippen LogP contribution >= 0.6 is 0 Å². The van der Waals surface area contributed by atoms with Crippen molar-refractivity contribution in [1.29, 1.82) is 0 Å². The molecule has 1 atom stereocenters. The maximum atomic E-state index is 13.1. The minimum Gasteiger partial charge on any atom is -0.489 e. The maximum absolute atomic E-state index is 13.1. The van der Waals surface area contributed by atoms with E-state index in [0.29, 0.717) is 18.0 Å². The minimum absolute atomic E-state index is 0.0668. The largest absolute Gasteiger partial charge is 0.489 e. The van der Waals surface area contributed by atoms with Gasteiger partial charge in [0.25, 0.3) is 5.56 Å². The molecule has 0 radical (unpaired) electrons. The molecule has 9 heteroatoms. The summed E-state index contributed by atoms with van der Waals surface area (Å²) in [4.78, 5) is 43.5. The molecule has 0 aliphatic carbocycles. The number of anilines is 1. The van der Waals surface area contributed by atoms with Crippen LogP contribution in [0.2, 0.25) is 0 Å². The number of benzene rings is 1. The SMILES string of the molecule is CC1COc2ccccc2N1C(=O)Cn1cnc2c1c(=O)n(C)c(=O)n2C. The number of ether oxygens (including phenoxy) is 1. The van der Waals surface area contributed by atoms with Gasteiger partial charge in [0, 0.05) is 14.1 Å². The average Bonchev–Trinajstić information content (AvgIpc) is 3.08. The second-order valence-electron chi connectivity index (χ2n) is 6.64. The Bertz CT molecular complexity index is 1170. The number of aryl methyl sites for hydroxylation is 1. The van der Waals surface area contributed by atoms with Crippen LogP contribution in [0.25, 0.3) is 11.2 Å². The van der Waals surface area contributed by atoms with Gasteiger partial charge in [-0.1, -0.05) is 12.1 Å². The molecule has 0 bridgehead atoms. The van der Waals surface area contributed by atoms with E-state index in [1.807, 2.05) is 31.2 Å². The summed E-state index contributed by atoms with van der Waals surface area (Å²) in [6, 6.07) is 7.20. The molecule has 0 saturated carbocycles. The zero-order valence-electron chi connectivity index (χ0n) is 15.2. The van der Waals surface area contributed by atoms with E-state index in [-0.39, 0.29) is 29.7 Å². The number of carbonyl (C=O) groups is 1. The van der Waals surface area contributed by atoms with E-state index >= 15 is 0 Å². The number of fused-ring (bicyclic) bond motifs is 2. The van der Waals surface area contributed by atoms with Gasteiger partial charge in [-0.3, -0.25) is 18.7 Å². The van der Waals surface area contributed by atoms with Crippen LogP contribution in [0.15, 0.2) is 40.2 Å². The lowest BCUT2D eigenvalue weighted by Crippen LogP contribution is -2.46. The van der Waals surface area contributed by atoms with E-state index in [1.54, 1.807) is 11.9 Å². The zero-order valence-corrected chi connectivity index (χ0v) is 15.2. The summed E-state index contributed by atoms with van der Waals surface area (Å²) in [6.07, 6.45) is 1.42. The Hall–Kier alpha value is -3.36. The fraction of sp³-hybridized carbons (Fsp3) is 0.333. The summed E-state index contributed by atoms with van der Waals surface area (Å²) in [6.45, 7) is 2.23. The Morgan fingerprint density at radius 1 is 1.22 bits per heavy atom. The molecule has 9 nitrogen and oxygen atoms in total. The van der Waals surface area contributed by atoms with Crippen molar-refractivity contribution < 1.29 is 9.53 Å². The third-order valence-corrected chi connectivity index (χ3v) is 4.84. The highest BCUT2D eigenvalue weighted by atomic mass is 16.5. The number of nitrogens with zero attached hydrogens (tertiary/aromatic N) is 5. The molecule has 0 saturated heterocycles. The molecule has 1 aliphatic heterocycles. The third-order valence-electron chi connectivity index (χ3n) is 4.84. The molecular weight excluding hydrogens is 350 g/mol. The first-order chi connectivity index (χ1) is 12.9. The first kappa shape index (κ1) is 17.1. The molecule has 3 aromatic rings. The first-order valence-corrected chi connectivity index (χ1v) is 8.55. The fourth-order valence-corrected chi connectivity index (χ4v) is 3.42. The van der Waals surface area contributed by atoms with Crippen LogP contribution in [0.5, 0.6) is 5.75 Å². The summed E-state index contributed by atoms with van der Waals surface area (Å²) >= 11 is 0. The maximum Gasteiger partial charge on any atom is 0.332 e. The average molecular weight is 369 g/mol. The zero-order chi connectivity index (χ0) is 19.3. The van der Waals surface area contributed by atoms with Gasteiger partial charge in [0.05, 0.1) is 18.1 Å². The summed E-state index contributed by atoms with van der Waals surface area (Å²) in [7, 11) is 2.95. The molecular formula is C18H19N5O4. The topological polar surface area (TPSA) is 91.4 Å². The number of rotatable bonds is 2.